The third-order valence-corrected chi connectivity index (χ3v) is 2.99. The predicted molar refractivity (Wildman–Crippen MR) is 66.9 cm³/mol. The van der Waals surface area contributed by atoms with Gasteiger partial charge in [0.25, 0.3) is 0 Å². The van der Waals surface area contributed by atoms with Gasteiger partial charge in [0.1, 0.15) is 5.82 Å². The highest BCUT2D eigenvalue weighted by atomic mass is 32.1. The lowest BCUT2D eigenvalue weighted by molar-refractivity contribution is 0.1000. The molecule has 0 aliphatic heterocycles. The highest BCUT2D eigenvalue weighted by Gasteiger charge is 2.02. The van der Waals surface area contributed by atoms with Crippen LogP contribution in [-0.2, 0) is 6.54 Å². The second-order valence-corrected chi connectivity index (χ2v) is 4.57. The van der Waals surface area contributed by atoms with Crippen LogP contribution in [0.2, 0.25) is 0 Å². The first kappa shape index (κ1) is 11.5. The Morgan fingerprint density at radius 2 is 2.35 bits per heavy atom. The van der Waals surface area contributed by atoms with Crippen LogP contribution in [0, 0.1) is 6.92 Å². The second kappa shape index (κ2) is 4.92. The van der Waals surface area contributed by atoms with Gasteiger partial charge in [-0.1, -0.05) is 0 Å². The summed E-state index contributed by atoms with van der Waals surface area (Å²) in [6, 6.07) is 3.36. The van der Waals surface area contributed by atoms with Gasteiger partial charge in [0, 0.05) is 11.6 Å². The fourth-order valence-corrected chi connectivity index (χ4v) is 1.93. The summed E-state index contributed by atoms with van der Waals surface area (Å²) < 4.78 is 0. The summed E-state index contributed by atoms with van der Waals surface area (Å²) in [6.07, 6.45) is 1.46. The molecule has 0 aliphatic carbocycles. The van der Waals surface area contributed by atoms with Gasteiger partial charge >= 0.3 is 0 Å². The molecule has 1 amide bonds. The average molecular weight is 248 g/mol. The van der Waals surface area contributed by atoms with Gasteiger partial charge in [-0.3, -0.25) is 4.79 Å². The van der Waals surface area contributed by atoms with Crippen molar-refractivity contribution in [2.24, 2.45) is 5.73 Å². The summed E-state index contributed by atoms with van der Waals surface area (Å²) in [5.74, 6) is 0.222. The number of nitrogens with zero attached hydrogens (tertiary/aromatic N) is 2. The number of hydrogen-bond acceptors (Lipinski definition) is 5. The van der Waals surface area contributed by atoms with Crippen LogP contribution in [0.25, 0.3) is 0 Å². The maximum Gasteiger partial charge on any atom is 0.250 e. The minimum Gasteiger partial charge on any atom is -0.366 e. The van der Waals surface area contributed by atoms with Gasteiger partial charge in [-0.2, -0.15) is 0 Å². The van der Waals surface area contributed by atoms with Crippen LogP contribution in [0.15, 0.2) is 23.7 Å². The molecule has 5 nitrogen and oxygen atoms in total. The molecule has 0 spiro atoms. The molecular weight excluding hydrogens is 236 g/mol. The van der Waals surface area contributed by atoms with Crippen molar-refractivity contribution in [2.75, 3.05) is 5.32 Å². The molecule has 0 unspecified atom stereocenters. The maximum absolute atomic E-state index is 10.8. The van der Waals surface area contributed by atoms with E-state index in [1.54, 1.807) is 23.5 Å². The molecule has 0 aliphatic rings. The number of carbonyl (C=O) groups excluding carboxylic acids is 1. The minimum absolute atomic E-state index is 0.403. The number of rotatable bonds is 4. The first-order valence-corrected chi connectivity index (χ1v) is 5.94. The lowest BCUT2D eigenvalue weighted by Gasteiger charge is -2.03. The van der Waals surface area contributed by atoms with E-state index in [4.69, 9.17) is 5.73 Å². The van der Waals surface area contributed by atoms with E-state index < -0.39 is 5.91 Å². The van der Waals surface area contributed by atoms with E-state index in [-0.39, 0.29) is 0 Å². The number of aryl methyl sites for hydroxylation is 1. The molecule has 2 aromatic heterocycles. The van der Waals surface area contributed by atoms with Crippen LogP contribution in [0.4, 0.5) is 5.82 Å². The number of carbonyl (C=O) groups is 1. The molecule has 2 aromatic rings. The van der Waals surface area contributed by atoms with E-state index in [9.17, 15) is 4.79 Å². The average Bonchev–Trinajstić information content (AvgIpc) is 2.73. The number of aromatic nitrogens is 2. The van der Waals surface area contributed by atoms with Crippen LogP contribution in [0.1, 0.15) is 21.1 Å². The SMILES string of the molecule is Cc1nc(CNc2ccc(C(N)=O)cn2)cs1. The lowest BCUT2D eigenvalue weighted by Crippen LogP contribution is -2.11. The molecule has 2 rings (SSSR count). The third-order valence-electron chi connectivity index (χ3n) is 2.17. The van der Waals surface area contributed by atoms with Crippen LogP contribution in [0.5, 0.6) is 0 Å². The number of anilines is 1. The fourth-order valence-electron chi connectivity index (χ4n) is 1.31. The smallest absolute Gasteiger partial charge is 0.250 e. The normalized spacial score (nSPS) is 10.2. The largest absolute Gasteiger partial charge is 0.366 e. The first-order valence-electron chi connectivity index (χ1n) is 5.06. The summed E-state index contributed by atoms with van der Waals surface area (Å²) in [6.45, 7) is 2.58. The van der Waals surface area contributed by atoms with Crippen molar-refractivity contribution in [2.45, 2.75) is 13.5 Å². The van der Waals surface area contributed by atoms with Crippen molar-refractivity contribution < 1.29 is 4.79 Å². The number of pyridine rings is 1. The number of primary amides is 1. The van der Waals surface area contributed by atoms with Crippen molar-refractivity contribution in [1.29, 1.82) is 0 Å². The fraction of sp³-hybridized carbons (Fsp3) is 0.182. The Morgan fingerprint density at radius 3 is 2.88 bits per heavy atom. The molecule has 0 fully saturated rings. The monoisotopic (exact) mass is 248 g/mol. The lowest BCUT2D eigenvalue weighted by atomic mass is 10.3. The van der Waals surface area contributed by atoms with E-state index >= 15 is 0 Å². The molecule has 17 heavy (non-hydrogen) atoms. The Morgan fingerprint density at radius 1 is 1.53 bits per heavy atom. The van der Waals surface area contributed by atoms with E-state index in [1.807, 2.05) is 12.3 Å². The van der Waals surface area contributed by atoms with Gasteiger partial charge in [0.15, 0.2) is 0 Å². The summed E-state index contributed by atoms with van der Waals surface area (Å²) in [7, 11) is 0. The van der Waals surface area contributed by atoms with Gasteiger partial charge in [0.2, 0.25) is 5.91 Å². The zero-order chi connectivity index (χ0) is 12.3. The molecule has 0 saturated heterocycles. The zero-order valence-corrected chi connectivity index (χ0v) is 10.1. The van der Waals surface area contributed by atoms with E-state index in [0.717, 1.165) is 10.7 Å². The Kier molecular flexibility index (Phi) is 3.34. The number of amides is 1. The van der Waals surface area contributed by atoms with Gasteiger partial charge in [-0.05, 0) is 19.1 Å². The quantitative estimate of drug-likeness (QED) is 0.860. The van der Waals surface area contributed by atoms with Crippen molar-refractivity contribution >= 4 is 23.1 Å². The number of thiazole rings is 1. The van der Waals surface area contributed by atoms with Crippen molar-refractivity contribution in [3.8, 4) is 0 Å². The number of nitrogens with two attached hydrogens (primary N) is 1. The molecule has 0 bridgehead atoms. The highest BCUT2D eigenvalue weighted by molar-refractivity contribution is 7.09. The summed E-state index contributed by atoms with van der Waals surface area (Å²) in [4.78, 5) is 19.3. The second-order valence-electron chi connectivity index (χ2n) is 3.51. The third kappa shape index (κ3) is 3.01. The number of hydrogen-bond donors (Lipinski definition) is 2. The van der Waals surface area contributed by atoms with Gasteiger partial charge in [0.05, 0.1) is 22.8 Å². The van der Waals surface area contributed by atoms with Crippen molar-refractivity contribution in [1.82, 2.24) is 9.97 Å². The van der Waals surface area contributed by atoms with Crippen LogP contribution in [0.3, 0.4) is 0 Å². The summed E-state index contributed by atoms with van der Waals surface area (Å²) in [5.41, 5.74) is 6.51. The highest BCUT2D eigenvalue weighted by Crippen LogP contribution is 2.10. The Balaban J connectivity index is 1.97. The standard InChI is InChI=1S/C11H12N4OS/c1-7-15-9(6-17-7)5-14-10-3-2-8(4-13-10)11(12)16/h2-4,6H,5H2,1H3,(H2,12,16)(H,13,14). The Labute approximate surface area is 103 Å². The molecular formula is C11H12N4OS. The predicted octanol–water partition coefficient (Wildman–Crippen LogP) is 1.56. The molecule has 0 saturated carbocycles. The number of nitrogens with one attached hydrogen (secondary N) is 1. The molecule has 0 radical (unpaired) electrons. The van der Waals surface area contributed by atoms with Crippen LogP contribution >= 0.6 is 11.3 Å². The van der Waals surface area contributed by atoms with E-state index in [2.05, 4.69) is 15.3 Å². The van der Waals surface area contributed by atoms with Gasteiger partial charge in [-0.15, -0.1) is 11.3 Å². The van der Waals surface area contributed by atoms with Crippen LogP contribution < -0.4 is 11.1 Å². The van der Waals surface area contributed by atoms with Gasteiger partial charge in [-0.25, -0.2) is 9.97 Å². The molecule has 88 valence electrons. The Hall–Kier alpha value is -1.95. The van der Waals surface area contributed by atoms with Crippen molar-refractivity contribution in [3.63, 3.8) is 0 Å². The summed E-state index contributed by atoms with van der Waals surface area (Å²) >= 11 is 1.61. The molecule has 3 N–H and O–H groups in total. The molecule has 2 heterocycles. The topological polar surface area (TPSA) is 80.9 Å². The van der Waals surface area contributed by atoms with Gasteiger partial charge < -0.3 is 11.1 Å². The minimum atomic E-state index is -0.473. The maximum atomic E-state index is 10.8. The zero-order valence-electron chi connectivity index (χ0n) is 9.30. The molecule has 6 heteroatoms. The van der Waals surface area contributed by atoms with Crippen LogP contribution in [-0.4, -0.2) is 15.9 Å². The van der Waals surface area contributed by atoms with Crippen molar-refractivity contribution in [3.05, 3.63) is 40.0 Å². The Bertz CT molecular complexity index is 521. The summed E-state index contributed by atoms with van der Waals surface area (Å²) in [5, 5.41) is 6.16. The first-order chi connectivity index (χ1) is 8.15. The van der Waals surface area contributed by atoms with E-state index in [0.29, 0.717) is 17.9 Å². The van der Waals surface area contributed by atoms with E-state index in [1.165, 1.54) is 6.20 Å². The molecule has 0 aromatic carbocycles. The molecule has 0 atom stereocenters.